The van der Waals surface area contributed by atoms with Gasteiger partial charge in [0.2, 0.25) is 5.91 Å². The molecule has 184 valence electrons. The highest BCUT2D eigenvalue weighted by Gasteiger charge is 2.21. The molecule has 0 unspecified atom stereocenters. The molecule has 7 heteroatoms. The van der Waals surface area contributed by atoms with Crippen LogP contribution in [0.1, 0.15) is 37.7 Å². The molecule has 0 bridgehead atoms. The fourth-order valence-corrected chi connectivity index (χ4v) is 5.27. The van der Waals surface area contributed by atoms with Crippen molar-refractivity contribution in [2.45, 2.75) is 38.6 Å². The van der Waals surface area contributed by atoms with Crippen molar-refractivity contribution in [3.63, 3.8) is 0 Å². The van der Waals surface area contributed by atoms with Crippen molar-refractivity contribution >= 4 is 28.3 Å². The van der Waals surface area contributed by atoms with Crippen LogP contribution in [0, 0.1) is 4.91 Å². The normalized spacial score (nSPS) is 14.7. The number of piperidine rings is 1. The molecule has 36 heavy (non-hydrogen) atoms. The van der Waals surface area contributed by atoms with E-state index in [0.29, 0.717) is 11.6 Å². The fourth-order valence-electron chi connectivity index (χ4n) is 5.27. The summed E-state index contributed by atoms with van der Waals surface area (Å²) in [6.07, 6.45) is 3.22. The molecule has 0 aliphatic carbocycles. The number of aryl methyl sites for hydroxylation is 1. The topological polar surface area (TPSA) is 79.6 Å². The molecule has 0 saturated carbocycles. The summed E-state index contributed by atoms with van der Waals surface area (Å²) in [5.74, 6) is 1.28. The molecular weight excluding hydrogens is 450 g/mol. The van der Waals surface area contributed by atoms with Gasteiger partial charge in [-0.05, 0) is 92.0 Å². The number of benzene rings is 3. The minimum atomic E-state index is -0.0401. The molecule has 1 amide bonds. The van der Waals surface area contributed by atoms with E-state index in [9.17, 15) is 9.70 Å². The zero-order chi connectivity index (χ0) is 24.9. The van der Waals surface area contributed by atoms with Gasteiger partial charge in [0.05, 0.1) is 11.0 Å². The Balaban J connectivity index is 1.23. The van der Waals surface area contributed by atoms with Gasteiger partial charge in [0.15, 0.2) is 0 Å². The van der Waals surface area contributed by atoms with E-state index in [1.54, 1.807) is 13.0 Å². The molecule has 3 aromatic carbocycles. The number of anilines is 1. The number of likely N-dealkylation sites (tertiary alicyclic amines) is 1. The largest absolute Gasteiger partial charge is 0.326 e. The molecule has 2 heterocycles. The fraction of sp³-hybridized carbons (Fsp3) is 0.310. The van der Waals surface area contributed by atoms with Crippen LogP contribution < -0.4 is 5.32 Å². The summed E-state index contributed by atoms with van der Waals surface area (Å²) >= 11 is 0. The summed E-state index contributed by atoms with van der Waals surface area (Å²) in [5, 5.41) is 6.12. The SMILES string of the molecule is CC(=O)Nc1cccc(C2CCN(CCCn3c(-c4ccccc4N=O)nc4ccccc43)CC2)c1. The molecule has 5 rings (SSSR count). The van der Waals surface area contributed by atoms with E-state index in [-0.39, 0.29) is 5.91 Å². The van der Waals surface area contributed by atoms with E-state index in [0.717, 1.165) is 73.6 Å². The number of fused-ring (bicyclic) bond motifs is 1. The highest BCUT2D eigenvalue weighted by Crippen LogP contribution is 2.33. The smallest absolute Gasteiger partial charge is 0.221 e. The first-order valence-electron chi connectivity index (χ1n) is 12.6. The van der Waals surface area contributed by atoms with Gasteiger partial charge in [-0.3, -0.25) is 4.79 Å². The zero-order valence-electron chi connectivity index (χ0n) is 20.6. The third kappa shape index (κ3) is 5.21. The lowest BCUT2D eigenvalue weighted by molar-refractivity contribution is -0.114. The van der Waals surface area contributed by atoms with Crippen molar-refractivity contribution in [2.24, 2.45) is 5.18 Å². The molecule has 4 aromatic rings. The molecular formula is C29H31N5O2. The zero-order valence-corrected chi connectivity index (χ0v) is 20.6. The average Bonchev–Trinajstić information content (AvgIpc) is 3.27. The van der Waals surface area contributed by atoms with Crippen LogP contribution in [0.15, 0.2) is 78.0 Å². The van der Waals surface area contributed by atoms with E-state index in [1.807, 2.05) is 48.5 Å². The summed E-state index contributed by atoms with van der Waals surface area (Å²) < 4.78 is 2.22. The van der Waals surface area contributed by atoms with Crippen LogP contribution >= 0.6 is 0 Å². The third-order valence-electron chi connectivity index (χ3n) is 7.02. The Bertz CT molecular complexity index is 1370. The number of amides is 1. The molecule has 7 nitrogen and oxygen atoms in total. The van der Waals surface area contributed by atoms with Gasteiger partial charge in [-0.2, -0.15) is 0 Å². The Labute approximate surface area is 211 Å². The standard InChI is InChI=1S/C29H31N5O2/c1-21(35)30-24-9-6-8-23(20-24)22-14-18-33(19-15-22)16-7-17-34-28-13-5-4-12-27(28)31-29(34)25-10-2-3-11-26(25)32-36/h2-6,8-13,20,22H,7,14-19H2,1H3,(H,30,35). The average molecular weight is 482 g/mol. The lowest BCUT2D eigenvalue weighted by Crippen LogP contribution is -2.34. The van der Waals surface area contributed by atoms with Gasteiger partial charge in [-0.1, -0.05) is 36.4 Å². The monoisotopic (exact) mass is 481 g/mol. The number of nitroso groups, excluding NO2 is 1. The maximum Gasteiger partial charge on any atom is 0.221 e. The quantitative estimate of drug-likeness (QED) is 0.298. The number of carbonyl (C=O) groups excluding carboxylic acids is 1. The molecule has 0 spiro atoms. The van der Waals surface area contributed by atoms with Gasteiger partial charge in [-0.25, -0.2) is 4.98 Å². The molecule has 1 N–H and O–H groups in total. The first-order chi connectivity index (χ1) is 17.6. The van der Waals surface area contributed by atoms with Gasteiger partial charge in [-0.15, -0.1) is 4.91 Å². The third-order valence-corrected chi connectivity index (χ3v) is 7.02. The number of aromatic nitrogens is 2. The van der Waals surface area contributed by atoms with Crippen molar-refractivity contribution in [3.8, 4) is 11.4 Å². The van der Waals surface area contributed by atoms with Gasteiger partial charge in [0.1, 0.15) is 11.5 Å². The summed E-state index contributed by atoms with van der Waals surface area (Å²) in [6.45, 7) is 5.49. The maximum atomic E-state index is 11.4. The maximum absolute atomic E-state index is 11.4. The highest BCUT2D eigenvalue weighted by atomic mass is 16.3. The van der Waals surface area contributed by atoms with Gasteiger partial charge in [0, 0.05) is 24.7 Å². The second-order valence-electron chi connectivity index (χ2n) is 9.46. The number of imidazole rings is 1. The van der Waals surface area contributed by atoms with Gasteiger partial charge < -0.3 is 14.8 Å². The predicted octanol–water partition coefficient (Wildman–Crippen LogP) is 6.33. The van der Waals surface area contributed by atoms with Crippen molar-refractivity contribution in [2.75, 3.05) is 25.0 Å². The number of carbonyl (C=O) groups is 1. The predicted molar refractivity (Wildman–Crippen MR) is 144 cm³/mol. The van der Waals surface area contributed by atoms with Crippen molar-refractivity contribution in [3.05, 3.63) is 83.3 Å². The number of hydrogen-bond donors (Lipinski definition) is 1. The summed E-state index contributed by atoms with van der Waals surface area (Å²) in [7, 11) is 0. The Kier molecular flexibility index (Phi) is 7.18. The number of para-hydroxylation sites is 2. The second-order valence-corrected chi connectivity index (χ2v) is 9.46. The molecule has 0 atom stereocenters. The lowest BCUT2D eigenvalue weighted by Gasteiger charge is -2.32. The first-order valence-corrected chi connectivity index (χ1v) is 12.6. The summed E-state index contributed by atoms with van der Waals surface area (Å²) in [5.41, 5.74) is 5.36. The molecule has 1 saturated heterocycles. The van der Waals surface area contributed by atoms with E-state index < -0.39 is 0 Å². The van der Waals surface area contributed by atoms with E-state index in [1.165, 1.54) is 5.56 Å². The van der Waals surface area contributed by atoms with Crippen LogP contribution in [-0.2, 0) is 11.3 Å². The van der Waals surface area contributed by atoms with E-state index >= 15 is 0 Å². The second kappa shape index (κ2) is 10.8. The van der Waals surface area contributed by atoms with Crippen molar-refractivity contribution in [1.82, 2.24) is 14.5 Å². The minimum absolute atomic E-state index is 0.0401. The van der Waals surface area contributed by atoms with Gasteiger partial charge in [0.25, 0.3) is 0 Å². The van der Waals surface area contributed by atoms with E-state index in [4.69, 9.17) is 4.98 Å². The Hall–Kier alpha value is -3.84. The number of rotatable bonds is 8. The van der Waals surface area contributed by atoms with Crippen LogP contribution in [0.3, 0.4) is 0 Å². The Morgan fingerprint density at radius 1 is 1.00 bits per heavy atom. The lowest BCUT2D eigenvalue weighted by atomic mass is 9.89. The van der Waals surface area contributed by atoms with Crippen molar-refractivity contribution < 1.29 is 4.79 Å². The van der Waals surface area contributed by atoms with Crippen molar-refractivity contribution in [1.29, 1.82) is 0 Å². The minimum Gasteiger partial charge on any atom is -0.326 e. The molecule has 1 aliphatic rings. The van der Waals surface area contributed by atoms with Crippen LogP contribution in [0.25, 0.3) is 22.4 Å². The number of hydrogen-bond acceptors (Lipinski definition) is 5. The Morgan fingerprint density at radius 2 is 1.78 bits per heavy atom. The highest BCUT2D eigenvalue weighted by molar-refractivity contribution is 5.88. The molecule has 0 radical (unpaired) electrons. The molecule has 1 aromatic heterocycles. The van der Waals surface area contributed by atoms with Crippen LogP contribution in [0.2, 0.25) is 0 Å². The number of nitrogens with one attached hydrogen (secondary N) is 1. The first kappa shape index (κ1) is 23.9. The van der Waals surface area contributed by atoms with Gasteiger partial charge >= 0.3 is 0 Å². The van der Waals surface area contributed by atoms with Crippen LogP contribution in [0.5, 0.6) is 0 Å². The Morgan fingerprint density at radius 3 is 2.58 bits per heavy atom. The summed E-state index contributed by atoms with van der Waals surface area (Å²) in [4.78, 5) is 30.2. The van der Waals surface area contributed by atoms with E-state index in [2.05, 4.69) is 38.2 Å². The molecule has 1 aliphatic heterocycles. The summed E-state index contributed by atoms with van der Waals surface area (Å²) in [6, 6.07) is 23.8. The van der Waals surface area contributed by atoms with Crippen LogP contribution in [0.4, 0.5) is 11.4 Å². The molecule has 1 fully saturated rings. The van der Waals surface area contributed by atoms with Crippen LogP contribution in [-0.4, -0.2) is 40.0 Å². The number of nitrogens with zero attached hydrogens (tertiary/aromatic N) is 4.